The topological polar surface area (TPSA) is 53.0 Å². The molecule has 1 aromatic heterocycles. The summed E-state index contributed by atoms with van der Waals surface area (Å²) < 4.78 is 5.60. The zero-order valence-electron chi connectivity index (χ0n) is 14.8. The van der Waals surface area contributed by atoms with Crippen LogP contribution in [0.2, 0.25) is 10.0 Å². The van der Waals surface area contributed by atoms with Crippen molar-refractivity contribution in [1.82, 2.24) is 9.80 Å². The van der Waals surface area contributed by atoms with E-state index in [1.165, 1.54) is 11.3 Å². The van der Waals surface area contributed by atoms with Crippen LogP contribution in [-0.4, -0.2) is 66.2 Å². The first-order chi connectivity index (χ1) is 13.0. The summed E-state index contributed by atoms with van der Waals surface area (Å²) in [5.41, 5.74) is 0. The van der Waals surface area contributed by atoms with Gasteiger partial charge < -0.3 is 14.7 Å². The minimum absolute atomic E-state index is 0.0929. The Balaban J connectivity index is 1.45. The lowest BCUT2D eigenvalue weighted by Gasteiger charge is -2.24. The molecule has 0 saturated carbocycles. The van der Waals surface area contributed by atoms with Crippen molar-refractivity contribution >= 4 is 40.4 Å². The second-order valence-electron chi connectivity index (χ2n) is 6.46. The van der Waals surface area contributed by atoms with Crippen molar-refractivity contribution < 1.29 is 14.6 Å². The Morgan fingerprint density at radius 1 is 1.19 bits per heavy atom. The average Bonchev–Trinajstić information content (AvgIpc) is 3.09. The highest BCUT2D eigenvalue weighted by molar-refractivity contribution is 7.12. The first kappa shape index (κ1) is 20.4. The van der Waals surface area contributed by atoms with E-state index in [1.807, 2.05) is 22.4 Å². The van der Waals surface area contributed by atoms with Gasteiger partial charge >= 0.3 is 0 Å². The van der Waals surface area contributed by atoms with Crippen LogP contribution >= 0.6 is 34.5 Å². The van der Waals surface area contributed by atoms with E-state index in [0.29, 0.717) is 28.9 Å². The number of aliphatic hydroxyl groups excluding tert-OH is 1. The van der Waals surface area contributed by atoms with Gasteiger partial charge in [-0.15, -0.1) is 11.3 Å². The quantitative estimate of drug-likeness (QED) is 0.762. The zero-order chi connectivity index (χ0) is 19.2. The summed E-state index contributed by atoms with van der Waals surface area (Å²) in [6.45, 7) is 3.66. The normalized spacial score (nSPS) is 16.8. The standard InChI is InChI=1S/C19H22Cl2N2O3S/c20-16-5-4-15(11-17(16)21)26-13-14(24)12-22-6-2-7-23(9-8-22)19(25)18-3-1-10-27-18/h1,3-5,10-11,14,24H,2,6-9,12-13H2/t14-/m0/s1. The Morgan fingerprint density at radius 3 is 2.78 bits per heavy atom. The molecule has 3 rings (SSSR count). The maximum absolute atomic E-state index is 12.5. The Kier molecular flexibility index (Phi) is 7.38. The second kappa shape index (κ2) is 9.75. The fraction of sp³-hybridized carbons (Fsp3) is 0.421. The number of thiophene rings is 1. The molecule has 146 valence electrons. The predicted octanol–water partition coefficient (Wildman–Crippen LogP) is 3.64. The van der Waals surface area contributed by atoms with Crippen molar-refractivity contribution in [2.75, 3.05) is 39.3 Å². The van der Waals surface area contributed by atoms with Gasteiger partial charge in [-0.1, -0.05) is 29.3 Å². The Labute approximate surface area is 173 Å². The highest BCUT2D eigenvalue weighted by Crippen LogP contribution is 2.26. The smallest absolute Gasteiger partial charge is 0.263 e. The molecule has 0 bridgehead atoms. The molecule has 2 aromatic rings. The molecule has 1 amide bonds. The van der Waals surface area contributed by atoms with E-state index in [0.717, 1.165) is 30.9 Å². The van der Waals surface area contributed by atoms with Crippen LogP contribution in [0.4, 0.5) is 0 Å². The van der Waals surface area contributed by atoms with E-state index >= 15 is 0 Å². The zero-order valence-corrected chi connectivity index (χ0v) is 17.1. The average molecular weight is 429 g/mol. The van der Waals surface area contributed by atoms with E-state index in [4.69, 9.17) is 27.9 Å². The van der Waals surface area contributed by atoms with Crippen molar-refractivity contribution in [2.24, 2.45) is 0 Å². The number of benzene rings is 1. The van der Waals surface area contributed by atoms with Gasteiger partial charge in [0, 0.05) is 32.2 Å². The number of amides is 1. The van der Waals surface area contributed by atoms with Gasteiger partial charge in [0.1, 0.15) is 18.5 Å². The van der Waals surface area contributed by atoms with Crippen LogP contribution in [0.3, 0.4) is 0 Å². The summed E-state index contributed by atoms with van der Waals surface area (Å²) in [7, 11) is 0. The number of halogens is 2. The monoisotopic (exact) mass is 428 g/mol. The number of hydrogen-bond acceptors (Lipinski definition) is 5. The number of aliphatic hydroxyl groups is 1. The van der Waals surface area contributed by atoms with Gasteiger partial charge in [0.15, 0.2) is 0 Å². The van der Waals surface area contributed by atoms with Crippen molar-refractivity contribution in [3.8, 4) is 5.75 Å². The van der Waals surface area contributed by atoms with Crippen LogP contribution in [0.25, 0.3) is 0 Å². The first-order valence-corrected chi connectivity index (χ1v) is 10.5. The van der Waals surface area contributed by atoms with E-state index < -0.39 is 6.10 Å². The Morgan fingerprint density at radius 2 is 2.04 bits per heavy atom. The van der Waals surface area contributed by atoms with Gasteiger partial charge in [-0.25, -0.2) is 0 Å². The molecule has 5 nitrogen and oxygen atoms in total. The van der Waals surface area contributed by atoms with E-state index in [2.05, 4.69) is 4.90 Å². The van der Waals surface area contributed by atoms with Crippen LogP contribution in [-0.2, 0) is 0 Å². The molecule has 0 aliphatic carbocycles. The molecular formula is C19H22Cl2N2O3S. The molecule has 1 fully saturated rings. The third kappa shape index (κ3) is 5.83. The summed E-state index contributed by atoms with van der Waals surface area (Å²) in [5.74, 6) is 0.669. The molecule has 1 aromatic carbocycles. The van der Waals surface area contributed by atoms with Crippen molar-refractivity contribution in [2.45, 2.75) is 12.5 Å². The fourth-order valence-electron chi connectivity index (χ4n) is 3.02. The Hall–Kier alpha value is -1.31. The van der Waals surface area contributed by atoms with Crippen LogP contribution in [0.5, 0.6) is 5.75 Å². The minimum Gasteiger partial charge on any atom is -0.491 e. The molecule has 1 N–H and O–H groups in total. The van der Waals surface area contributed by atoms with Gasteiger partial charge in [0.05, 0.1) is 14.9 Å². The van der Waals surface area contributed by atoms with Gasteiger partial charge in [0.25, 0.3) is 5.91 Å². The van der Waals surface area contributed by atoms with Crippen molar-refractivity contribution in [3.05, 3.63) is 50.6 Å². The Bertz CT molecular complexity index is 757. The number of rotatable bonds is 6. The van der Waals surface area contributed by atoms with Crippen molar-refractivity contribution in [1.29, 1.82) is 0 Å². The van der Waals surface area contributed by atoms with Crippen LogP contribution < -0.4 is 4.74 Å². The molecule has 8 heteroatoms. The maximum Gasteiger partial charge on any atom is 0.263 e. The molecule has 0 unspecified atom stereocenters. The molecule has 1 saturated heterocycles. The number of β-amino-alcohol motifs (C(OH)–C–C–N with tert-alkyl or cyclic N) is 1. The third-order valence-corrected chi connectivity index (χ3v) is 6.01. The van der Waals surface area contributed by atoms with Crippen molar-refractivity contribution in [3.63, 3.8) is 0 Å². The van der Waals surface area contributed by atoms with Gasteiger partial charge in [-0.05, 0) is 36.5 Å². The van der Waals surface area contributed by atoms with Gasteiger partial charge in [-0.2, -0.15) is 0 Å². The highest BCUT2D eigenvalue weighted by atomic mass is 35.5. The summed E-state index contributed by atoms with van der Waals surface area (Å²) in [4.78, 5) is 17.3. The lowest BCUT2D eigenvalue weighted by atomic mass is 10.3. The van der Waals surface area contributed by atoms with E-state index in [9.17, 15) is 9.90 Å². The molecule has 1 aliphatic heterocycles. The molecule has 0 spiro atoms. The predicted molar refractivity (Wildman–Crippen MR) is 109 cm³/mol. The largest absolute Gasteiger partial charge is 0.491 e. The third-order valence-electron chi connectivity index (χ3n) is 4.41. The lowest BCUT2D eigenvalue weighted by Crippen LogP contribution is -2.39. The maximum atomic E-state index is 12.5. The summed E-state index contributed by atoms with van der Waals surface area (Å²) >= 11 is 13.3. The molecule has 0 radical (unpaired) electrons. The lowest BCUT2D eigenvalue weighted by molar-refractivity contribution is 0.0671. The number of carbonyl (C=O) groups excluding carboxylic acids is 1. The first-order valence-electron chi connectivity index (χ1n) is 8.84. The summed E-state index contributed by atoms with van der Waals surface area (Å²) in [6, 6.07) is 8.78. The second-order valence-corrected chi connectivity index (χ2v) is 8.23. The minimum atomic E-state index is -0.626. The van der Waals surface area contributed by atoms with Gasteiger partial charge in [0.2, 0.25) is 0 Å². The van der Waals surface area contributed by atoms with E-state index in [-0.39, 0.29) is 12.5 Å². The molecule has 1 aliphatic rings. The number of carbonyl (C=O) groups is 1. The molecule has 2 heterocycles. The number of hydrogen-bond donors (Lipinski definition) is 1. The number of nitrogens with zero attached hydrogens (tertiary/aromatic N) is 2. The fourth-order valence-corrected chi connectivity index (χ4v) is 4.00. The van der Waals surface area contributed by atoms with Crippen LogP contribution in [0.1, 0.15) is 16.1 Å². The summed E-state index contributed by atoms with van der Waals surface area (Å²) in [5, 5.41) is 13.1. The molecule has 1 atom stereocenters. The molecule has 27 heavy (non-hydrogen) atoms. The van der Waals surface area contributed by atoms with E-state index in [1.54, 1.807) is 18.2 Å². The molecular weight excluding hydrogens is 407 g/mol. The summed E-state index contributed by atoms with van der Waals surface area (Å²) in [6.07, 6.45) is 0.260. The SMILES string of the molecule is O=C(c1cccs1)N1CCCN(C[C@H](O)COc2ccc(Cl)c(Cl)c2)CC1. The highest BCUT2D eigenvalue weighted by Gasteiger charge is 2.22. The number of ether oxygens (including phenoxy) is 1. The van der Waals surface area contributed by atoms with Gasteiger partial charge in [-0.3, -0.25) is 9.69 Å². The van der Waals surface area contributed by atoms with Crippen LogP contribution in [0.15, 0.2) is 35.7 Å². The van der Waals surface area contributed by atoms with Crippen LogP contribution in [0, 0.1) is 0 Å².